The van der Waals surface area contributed by atoms with Crippen LogP contribution in [0.5, 0.6) is 0 Å². The molecule has 0 N–H and O–H groups in total. The molecule has 0 heterocycles. The van der Waals surface area contributed by atoms with E-state index in [4.69, 9.17) is 4.74 Å². The molecule has 0 radical (unpaired) electrons. The van der Waals surface area contributed by atoms with Gasteiger partial charge < -0.3 is 4.74 Å². The number of rotatable bonds is 4. The molecule has 0 aliphatic heterocycles. The molecule has 1 nitrogen and oxygen atoms in total. The molecule has 16 heavy (non-hydrogen) atoms. The Labute approximate surface area is 103 Å². The predicted octanol–water partition coefficient (Wildman–Crippen LogP) is 5.21. The van der Waals surface area contributed by atoms with Crippen molar-refractivity contribution in [3.05, 3.63) is 12.2 Å². The van der Waals surface area contributed by atoms with Gasteiger partial charge in [0.05, 0.1) is 6.61 Å². The average Bonchev–Trinajstić information content (AvgIpc) is 2.81. The summed E-state index contributed by atoms with van der Waals surface area (Å²) in [6.07, 6.45) is 11.1. The van der Waals surface area contributed by atoms with Crippen LogP contribution in [-0.4, -0.2) is 13.7 Å². The van der Waals surface area contributed by atoms with Gasteiger partial charge in [-0.25, -0.2) is 0 Å². The summed E-state index contributed by atoms with van der Waals surface area (Å²) in [7, 11) is 1.82. The molecule has 0 aromatic rings. The maximum atomic E-state index is 5.29. The fourth-order valence-electron chi connectivity index (χ4n) is 2.21. The first kappa shape index (κ1) is 18.1. The molecule has 0 saturated heterocycles. The molecule has 98 valence electrons. The van der Waals surface area contributed by atoms with Crippen LogP contribution in [0.25, 0.3) is 0 Å². The van der Waals surface area contributed by atoms with E-state index in [1.165, 1.54) is 32.1 Å². The highest BCUT2D eigenvalue weighted by atomic mass is 16.5. The van der Waals surface area contributed by atoms with Crippen molar-refractivity contribution in [2.75, 3.05) is 13.7 Å². The van der Waals surface area contributed by atoms with Gasteiger partial charge in [-0.1, -0.05) is 52.7 Å². The van der Waals surface area contributed by atoms with Crippen LogP contribution in [0, 0.1) is 5.41 Å². The Morgan fingerprint density at radius 1 is 1.06 bits per heavy atom. The number of ether oxygens (including phenoxy) is 1. The van der Waals surface area contributed by atoms with E-state index in [0.717, 1.165) is 6.61 Å². The van der Waals surface area contributed by atoms with Crippen LogP contribution in [0.4, 0.5) is 0 Å². The van der Waals surface area contributed by atoms with E-state index < -0.39 is 0 Å². The minimum Gasteiger partial charge on any atom is -0.384 e. The highest BCUT2D eigenvalue weighted by molar-refractivity contribution is 4.92. The van der Waals surface area contributed by atoms with Crippen molar-refractivity contribution in [3.63, 3.8) is 0 Å². The van der Waals surface area contributed by atoms with Crippen LogP contribution >= 0.6 is 0 Å². The second-order valence-electron chi connectivity index (χ2n) is 3.91. The van der Waals surface area contributed by atoms with Gasteiger partial charge in [0.2, 0.25) is 0 Å². The maximum absolute atomic E-state index is 5.29. The van der Waals surface area contributed by atoms with Crippen molar-refractivity contribution in [2.45, 2.75) is 66.7 Å². The van der Waals surface area contributed by atoms with Crippen LogP contribution in [0.3, 0.4) is 0 Å². The van der Waals surface area contributed by atoms with Gasteiger partial charge in [-0.3, -0.25) is 0 Å². The summed E-state index contributed by atoms with van der Waals surface area (Å²) in [4.78, 5) is 0. The summed E-state index contributed by atoms with van der Waals surface area (Å²) in [5.74, 6) is 0. The summed E-state index contributed by atoms with van der Waals surface area (Å²) in [5.41, 5.74) is 0.487. The summed E-state index contributed by atoms with van der Waals surface area (Å²) in [6.45, 7) is 11.0. The standard InChI is InChI=1S/C11H20O.2C2H6/c1-3-4-7-11(10-12-2)8-5-6-9-11;2*1-2/h3-4H,5-10H2,1-2H3;2*1-2H3/b4-3+;;. The molecule has 1 fully saturated rings. The zero-order valence-electron chi connectivity index (χ0n) is 12.3. The third-order valence-corrected chi connectivity index (χ3v) is 2.90. The Hall–Kier alpha value is -0.300. The second-order valence-corrected chi connectivity index (χ2v) is 3.91. The summed E-state index contributed by atoms with van der Waals surface area (Å²) < 4.78 is 5.29. The molecular formula is C15H32O. The average molecular weight is 228 g/mol. The summed E-state index contributed by atoms with van der Waals surface area (Å²) in [5, 5.41) is 0. The van der Waals surface area contributed by atoms with E-state index in [1.807, 2.05) is 34.8 Å². The van der Waals surface area contributed by atoms with E-state index >= 15 is 0 Å². The molecule has 0 unspecified atom stereocenters. The van der Waals surface area contributed by atoms with E-state index in [2.05, 4.69) is 19.1 Å². The fourth-order valence-corrected chi connectivity index (χ4v) is 2.21. The topological polar surface area (TPSA) is 9.23 Å². The Kier molecular flexibility index (Phi) is 14.4. The highest BCUT2D eigenvalue weighted by Gasteiger charge is 2.32. The van der Waals surface area contributed by atoms with Gasteiger partial charge in [0.1, 0.15) is 0 Å². The van der Waals surface area contributed by atoms with Crippen LogP contribution in [0.15, 0.2) is 12.2 Å². The largest absolute Gasteiger partial charge is 0.384 e. The quantitative estimate of drug-likeness (QED) is 0.600. The molecule has 1 aliphatic carbocycles. The Balaban J connectivity index is 0. The normalized spacial score (nSPS) is 17.4. The van der Waals surface area contributed by atoms with Crippen molar-refractivity contribution < 1.29 is 4.74 Å². The van der Waals surface area contributed by atoms with Crippen LogP contribution in [0.2, 0.25) is 0 Å². The van der Waals surface area contributed by atoms with E-state index in [-0.39, 0.29) is 0 Å². The van der Waals surface area contributed by atoms with Crippen molar-refractivity contribution in [2.24, 2.45) is 5.41 Å². The number of methoxy groups -OCH3 is 1. The van der Waals surface area contributed by atoms with Gasteiger partial charge in [-0.15, -0.1) is 0 Å². The predicted molar refractivity (Wildman–Crippen MR) is 74.9 cm³/mol. The molecule has 0 amide bonds. The monoisotopic (exact) mass is 228 g/mol. The number of hydrogen-bond donors (Lipinski definition) is 0. The van der Waals surface area contributed by atoms with E-state index in [1.54, 1.807) is 0 Å². The lowest BCUT2D eigenvalue weighted by Crippen LogP contribution is -2.21. The summed E-state index contributed by atoms with van der Waals surface area (Å²) in [6, 6.07) is 0. The first-order valence-corrected chi connectivity index (χ1v) is 6.93. The molecule has 0 spiro atoms. The third-order valence-electron chi connectivity index (χ3n) is 2.90. The molecule has 1 heteroatoms. The van der Waals surface area contributed by atoms with Gasteiger partial charge >= 0.3 is 0 Å². The first-order valence-electron chi connectivity index (χ1n) is 6.93. The van der Waals surface area contributed by atoms with E-state index in [0.29, 0.717) is 5.41 Å². The molecule has 0 atom stereocenters. The highest BCUT2D eigenvalue weighted by Crippen LogP contribution is 2.41. The minimum absolute atomic E-state index is 0.487. The molecule has 0 aromatic carbocycles. The van der Waals surface area contributed by atoms with Crippen molar-refractivity contribution >= 4 is 0 Å². The van der Waals surface area contributed by atoms with Crippen molar-refractivity contribution in [3.8, 4) is 0 Å². The van der Waals surface area contributed by atoms with Gasteiger partial charge in [-0.05, 0) is 31.6 Å². The SMILES string of the molecule is C/C=C/CC1(COC)CCCC1.CC.CC. The molecular weight excluding hydrogens is 196 g/mol. The number of hydrogen-bond acceptors (Lipinski definition) is 1. The van der Waals surface area contributed by atoms with Gasteiger partial charge in [0.15, 0.2) is 0 Å². The zero-order chi connectivity index (χ0) is 12.9. The Morgan fingerprint density at radius 3 is 1.94 bits per heavy atom. The number of allylic oxidation sites excluding steroid dienone is 2. The van der Waals surface area contributed by atoms with Gasteiger partial charge in [-0.2, -0.15) is 0 Å². The fraction of sp³-hybridized carbons (Fsp3) is 0.867. The molecule has 0 bridgehead atoms. The lowest BCUT2D eigenvalue weighted by Gasteiger charge is -2.26. The van der Waals surface area contributed by atoms with Crippen LogP contribution < -0.4 is 0 Å². The van der Waals surface area contributed by atoms with Crippen molar-refractivity contribution in [1.29, 1.82) is 0 Å². The Morgan fingerprint density at radius 2 is 1.56 bits per heavy atom. The van der Waals surface area contributed by atoms with Crippen LogP contribution in [0.1, 0.15) is 66.7 Å². The maximum Gasteiger partial charge on any atom is 0.0521 e. The minimum atomic E-state index is 0.487. The van der Waals surface area contributed by atoms with Crippen LogP contribution in [-0.2, 0) is 4.74 Å². The summed E-state index contributed by atoms with van der Waals surface area (Å²) >= 11 is 0. The van der Waals surface area contributed by atoms with Crippen molar-refractivity contribution in [1.82, 2.24) is 0 Å². The third kappa shape index (κ3) is 7.05. The zero-order valence-corrected chi connectivity index (χ0v) is 12.3. The Bertz CT molecular complexity index is 144. The molecule has 1 rings (SSSR count). The second kappa shape index (κ2) is 12.8. The van der Waals surface area contributed by atoms with E-state index in [9.17, 15) is 0 Å². The molecule has 1 aliphatic rings. The lowest BCUT2D eigenvalue weighted by molar-refractivity contribution is 0.0854. The molecule has 1 saturated carbocycles. The van der Waals surface area contributed by atoms with Gasteiger partial charge in [0.25, 0.3) is 0 Å². The molecule has 0 aromatic heterocycles. The van der Waals surface area contributed by atoms with Gasteiger partial charge in [0, 0.05) is 7.11 Å². The smallest absolute Gasteiger partial charge is 0.0521 e. The lowest BCUT2D eigenvalue weighted by atomic mass is 9.83. The first-order chi connectivity index (χ1) is 7.83.